The molecule has 0 N–H and O–H groups in total. The van der Waals surface area contributed by atoms with Crippen molar-refractivity contribution in [1.29, 1.82) is 0 Å². The molecule has 0 aliphatic carbocycles. The standard InChI is InChI=1S/C11H20O2S/c1-2-7-13-11(12)6-10-14-8-4-3-5-9-14/h2,14H,1,3-10H2. The second-order valence-electron chi connectivity index (χ2n) is 3.62. The van der Waals surface area contributed by atoms with E-state index in [0.29, 0.717) is 13.0 Å². The van der Waals surface area contributed by atoms with Crippen molar-refractivity contribution in [3.8, 4) is 0 Å². The van der Waals surface area contributed by atoms with E-state index in [1.807, 2.05) is 0 Å². The van der Waals surface area contributed by atoms with Gasteiger partial charge in [0.05, 0.1) is 6.42 Å². The Morgan fingerprint density at radius 3 is 2.71 bits per heavy atom. The maximum absolute atomic E-state index is 11.2. The molecule has 0 spiro atoms. The molecule has 1 fully saturated rings. The Morgan fingerprint density at radius 1 is 1.36 bits per heavy atom. The molecule has 82 valence electrons. The summed E-state index contributed by atoms with van der Waals surface area (Å²) in [7, 11) is 0.154. The van der Waals surface area contributed by atoms with E-state index < -0.39 is 0 Å². The molecule has 1 heterocycles. The summed E-state index contributed by atoms with van der Waals surface area (Å²) in [6.45, 7) is 3.87. The molecule has 3 heteroatoms. The van der Waals surface area contributed by atoms with E-state index in [2.05, 4.69) is 6.58 Å². The van der Waals surface area contributed by atoms with Gasteiger partial charge in [0, 0.05) is 0 Å². The molecular weight excluding hydrogens is 196 g/mol. The van der Waals surface area contributed by atoms with Crippen LogP contribution < -0.4 is 0 Å². The van der Waals surface area contributed by atoms with E-state index in [1.165, 1.54) is 30.8 Å². The first-order valence-electron chi connectivity index (χ1n) is 5.32. The van der Waals surface area contributed by atoms with E-state index >= 15 is 0 Å². The minimum atomic E-state index is -0.0574. The third-order valence-corrected chi connectivity index (χ3v) is 5.20. The molecule has 14 heavy (non-hydrogen) atoms. The highest BCUT2D eigenvalue weighted by Crippen LogP contribution is 2.33. The van der Waals surface area contributed by atoms with E-state index in [4.69, 9.17) is 4.74 Å². The van der Waals surface area contributed by atoms with Gasteiger partial charge in [-0.3, -0.25) is 15.7 Å². The molecule has 0 aromatic rings. The van der Waals surface area contributed by atoms with E-state index in [1.54, 1.807) is 6.08 Å². The number of ether oxygens (including phenoxy) is 1. The van der Waals surface area contributed by atoms with Gasteiger partial charge in [-0.1, -0.05) is 19.1 Å². The minimum Gasteiger partial charge on any atom is -0.461 e. The van der Waals surface area contributed by atoms with Crippen molar-refractivity contribution in [3.63, 3.8) is 0 Å². The zero-order valence-electron chi connectivity index (χ0n) is 8.71. The van der Waals surface area contributed by atoms with Gasteiger partial charge >= 0.3 is 5.97 Å². The average Bonchev–Trinajstić information content (AvgIpc) is 2.25. The predicted molar refractivity (Wildman–Crippen MR) is 63.2 cm³/mol. The first-order valence-corrected chi connectivity index (χ1v) is 7.21. The molecular formula is C11H20O2S. The Bertz CT molecular complexity index is 186. The third-order valence-electron chi connectivity index (χ3n) is 2.44. The summed E-state index contributed by atoms with van der Waals surface area (Å²) in [5.74, 6) is 3.75. The molecule has 1 saturated heterocycles. The third kappa shape index (κ3) is 4.70. The smallest absolute Gasteiger partial charge is 0.306 e. The van der Waals surface area contributed by atoms with Gasteiger partial charge in [0.25, 0.3) is 0 Å². The zero-order chi connectivity index (χ0) is 10.2. The number of rotatable bonds is 5. The summed E-state index contributed by atoms with van der Waals surface area (Å²) in [5.41, 5.74) is 0. The lowest BCUT2D eigenvalue weighted by atomic mass is 10.3. The summed E-state index contributed by atoms with van der Waals surface area (Å²) in [6.07, 6.45) is 6.35. The van der Waals surface area contributed by atoms with Crippen molar-refractivity contribution in [1.82, 2.24) is 0 Å². The van der Waals surface area contributed by atoms with Crippen LogP contribution in [0.4, 0.5) is 0 Å². The van der Waals surface area contributed by atoms with Crippen molar-refractivity contribution in [2.45, 2.75) is 25.7 Å². The largest absolute Gasteiger partial charge is 0.461 e. The van der Waals surface area contributed by atoms with Crippen molar-refractivity contribution >= 4 is 16.9 Å². The number of carbonyl (C=O) groups excluding carboxylic acids is 1. The molecule has 1 aliphatic rings. The Balaban J connectivity index is 2.06. The van der Waals surface area contributed by atoms with Gasteiger partial charge in [-0.05, 0) is 30.1 Å². The average molecular weight is 216 g/mol. The topological polar surface area (TPSA) is 26.3 Å². The highest BCUT2D eigenvalue weighted by atomic mass is 32.2. The van der Waals surface area contributed by atoms with Gasteiger partial charge < -0.3 is 4.74 Å². The van der Waals surface area contributed by atoms with Crippen LogP contribution in [0.15, 0.2) is 12.7 Å². The Kier molecular flexibility index (Phi) is 5.76. The molecule has 1 aliphatic heterocycles. The minimum absolute atomic E-state index is 0.0574. The van der Waals surface area contributed by atoms with Crippen LogP contribution in [0, 0.1) is 0 Å². The molecule has 0 bridgehead atoms. The Labute approximate surface area is 89.1 Å². The summed E-state index contributed by atoms with van der Waals surface area (Å²) >= 11 is 0. The van der Waals surface area contributed by atoms with Crippen LogP contribution in [-0.4, -0.2) is 29.8 Å². The number of hydrogen-bond donors (Lipinski definition) is 1. The zero-order valence-corrected chi connectivity index (χ0v) is 9.60. The van der Waals surface area contributed by atoms with Gasteiger partial charge in [0.1, 0.15) is 6.61 Å². The van der Waals surface area contributed by atoms with Crippen molar-refractivity contribution in [3.05, 3.63) is 12.7 Å². The second-order valence-corrected chi connectivity index (χ2v) is 6.31. The van der Waals surface area contributed by atoms with Gasteiger partial charge in [-0.25, -0.2) is 0 Å². The van der Waals surface area contributed by atoms with E-state index in [9.17, 15) is 4.79 Å². The lowest BCUT2D eigenvalue weighted by molar-refractivity contribution is -0.141. The Hall–Kier alpha value is -0.440. The van der Waals surface area contributed by atoms with Crippen molar-refractivity contribution in [2.75, 3.05) is 23.9 Å². The van der Waals surface area contributed by atoms with Crippen LogP contribution in [0.1, 0.15) is 25.7 Å². The summed E-state index contributed by atoms with van der Waals surface area (Å²) < 4.78 is 4.94. The SMILES string of the molecule is C=CCOC(=O)CC[SH]1CCCCC1. The first-order chi connectivity index (χ1) is 6.83. The fourth-order valence-corrected chi connectivity index (χ4v) is 4.17. The lowest BCUT2D eigenvalue weighted by Crippen LogP contribution is -2.11. The van der Waals surface area contributed by atoms with Crippen LogP contribution in [0.2, 0.25) is 0 Å². The predicted octanol–water partition coefficient (Wildman–Crippen LogP) is 2.29. The van der Waals surface area contributed by atoms with Crippen LogP contribution in [0.3, 0.4) is 0 Å². The van der Waals surface area contributed by atoms with Gasteiger partial charge in [0.15, 0.2) is 0 Å². The highest BCUT2D eigenvalue weighted by Gasteiger charge is 2.11. The first kappa shape index (κ1) is 11.6. The number of carbonyl (C=O) groups is 1. The lowest BCUT2D eigenvalue weighted by Gasteiger charge is -2.25. The number of esters is 1. The maximum atomic E-state index is 11.2. The normalized spacial score (nSPS) is 19.0. The summed E-state index contributed by atoms with van der Waals surface area (Å²) in [4.78, 5) is 11.2. The molecule has 0 unspecified atom stereocenters. The van der Waals surface area contributed by atoms with E-state index in [-0.39, 0.29) is 16.9 Å². The van der Waals surface area contributed by atoms with Gasteiger partial charge in [0.2, 0.25) is 0 Å². The quantitative estimate of drug-likeness (QED) is 0.433. The van der Waals surface area contributed by atoms with Crippen molar-refractivity contribution < 1.29 is 9.53 Å². The van der Waals surface area contributed by atoms with Gasteiger partial charge in [-0.2, -0.15) is 0 Å². The van der Waals surface area contributed by atoms with Crippen LogP contribution in [-0.2, 0) is 9.53 Å². The molecule has 2 nitrogen and oxygen atoms in total. The molecule has 0 aromatic carbocycles. The van der Waals surface area contributed by atoms with Crippen LogP contribution in [0.5, 0.6) is 0 Å². The molecule has 0 aromatic heterocycles. The fourth-order valence-electron chi connectivity index (χ4n) is 1.66. The molecule has 0 amide bonds. The highest BCUT2D eigenvalue weighted by molar-refractivity contribution is 8.17. The second kappa shape index (κ2) is 6.93. The summed E-state index contributed by atoms with van der Waals surface area (Å²) in [5, 5.41) is 0. The van der Waals surface area contributed by atoms with Crippen LogP contribution >= 0.6 is 10.9 Å². The van der Waals surface area contributed by atoms with E-state index in [0.717, 1.165) is 5.75 Å². The molecule has 0 atom stereocenters. The molecule has 0 saturated carbocycles. The van der Waals surface area contributed by atoms with Gasteiger partial charge in [-0.15, -0.1) is 0 Å². The molecule has 1 rings (SSSR count). The maximum Gasteiger partial charge on any atom is 0.306 e. The molecule has 0 radical (unpaired) electrons. The Morgan fingerprint density at radius 2 is 2.07 bits per heavy atom. The summed E-state index contributed by atoms with van der Waals surface area (Å²) in [6, 6.07) is 0. The van der Waals surface area contributed by atoms with Crippen molar-refractivity contribution in [2.24, 2.45) is 0 Å². The number of thiol groups is 1. The number of hydrogen-bond acceptors (Lipinski definition) is 2. The monoisotopic (exact) mass is 216 g/mol. The van der Waals surface area contributed by atoms with Crippen LogP contribution in [0.25, 0.3) is 0 Å². The fraction of sp³-hybridized carbons (Fsp3) is 0.727.